The second-order valence-electron chi connectivity index (χ2n) is 6.37. The Hall–Kier alpha value is -2.85. The molecule has 4 rings (SSSR count). The maximum atomic E-state index is 13.4. The van der Waals surface area contributed by atoms with Crippen LogP contribution in [0.25, 0.3) is 0 Å². The molecule has 0 spiro atoms. The number of rotatable bonds is 4. The minimum absolute atomic E-state index is 0.0184. The van der Waals surface area contributed by atoms with Gasteiger partial charge in [0.15, 0.2) is 0 Å². The number of hydrogen-bond acceptors (Lipinski definition) is 3. The molecule has 1 aliphatic rings. The van der Waals surface area contributed by atoms with Crippen LogP contribution >= 0.6 is 11.6 Å². The Morgan fingerprint density at radius 2 is 1.63 bits per heavy atom. The Morgan fingerprint density at radius 3 is 2.26 bits per heavy atom. The largest absolute Gasteiger partial charge is 0.497 e. The number of halogens is 2. The van der Waals surface area contributed by atoms with Crippen molar-refractivity contribution >= 4 is 23.0 Å². The molecule has 1 atom stereocenters. The summed E-state index contributed by atoms with van der Waals surface area (Å²) in [6.45, 7) is 0. The molecular weight excluding hydrogens is 363 g/mol. The molecule has 3 aromatic carbocycles. The molecule has 0 aliphatic carbocycles. The van der Waals surface area contributed by atoms with E-state index >= 15 is 0 Å². The summed E-state index contributed by atoms with van der Waals surface area (Å²) < 4.78 is 18.6. The highest BCUT2D eigenvalue weighted by Gasteiger charge is 2.30. The number of hydrazone groups is 1. The quantitative estimate of drug-likeness (QED) is 0.567. The van der Waals surface area contributed by atoms with Gasteiger partial charge >= 0.3 is 0 Å². The third kappa shape index (κ3) is 3.67. The molecule has 0 aromatic heterocycles. The Kier molecular flexibility index (Phi) is 4.82. The molecule has 0 radical (unpaired) electrons. The zero-order valence-electron chi connectivity index (χ0n) is 14.8. The lowest BCUT2D eigenvalue weighted by Gasteiger charge is -2.24. The van der Waals surface area contributed by atoms with Crippen LogP contribution in [0, 0.1) is 5.82 Å². The molecule has 136 valence electrons. The average Bonchev–Trinajstić information content (AvgIpc) is 3.14. The molecule has 0 bridgehead atoms. The van der Waals surface area contributed by atoms with Crippen LogP contribution in [0.4, 0.5) is 10.1 Å². The highest BCUT2D eigenvalue weighted by atomic mass is 35.5. The molecule has 0 unspecified atom stereocenters. The van der Waals surface area contributed by atoms with Crippen LogP contribution in [-0.2, 0) is 0 Å². The van der Waals surface area contributed by atoms with Crippen molar-refractivity contribution in [2.45, 2.75) is 12.5 Å². The topological polar surface area (TPSA) is 24.8 Å². The van der Waals surface area contributed by atoms with Gasteiger partial charge in [0.1, 0.15) is 11.6 Å². The van der Waals surface area contributed by atoms with Crippen molar-refractivity contribution < 1.29 is 9.13 Å². The van der Waals surface area contributed by atoms with Crippen LogP contribution in [0.2, 0.25) is 5.02 Å². The van der Waals surface area contributed by atoms with Crippen LogP contribution in [-0.4, -0.2) is 12.8 Å². The number of ether oxygens (including phenoxy) is 1. The van der Waals surface area contributed by atoms with E-state index in [1.165, 1.54) is 12.1 Å². The van der Waals surface area contributed by atoms with Crippen molar-refractivity contribution in [1.82, 2.24) is 0 Å². The van der Waals surface area contributed by atoms with Gasteiger partial charge in [-0.15, -0.1) is 0 Å². The highest BCUT2D eigenvalue weighted by molar-refractivity contribution is 6.30. The summed E-state index contributed by atoms with van der Waals surface area (Å²) in [6, 6.07) is 22.1. The summed E-state index contributed by atoms with van der Waals surface area (Å²) >= 11 is 6.05. The lowest BCUT2D eigenvalue weighted by molar-refractivity contribution is 0.415. The summed E-state index contributed by atoms with van der Waals surface area (Å²) in [4.78, 5) is 0. The molecule has 27 heavy (non-hydrogen) atoms. The minimum Gasteiger partial charge on any atom is -0.497 e. The Labute approximate surface area is 162 Å². The first kappa shape index (κ1) is 17.6. The molecule has 0 N–H and O–H groups in total. The smallest absolute Gasteiger partial charge is 0.123 e. The highest BCUT2D eigenvalue weighted by Crippen LogP contribution is 2.37. The van der Waals surface area contributed by atoms with Gasteiger partial charge in [-0.25, -0.2) is 4.39 Å². The molecule has 3 nitrogen and oxygen atoms in total. The maximum absolute atomic E-state index is 13.4. The summed E-state index contributed by atoms with van der Waals surface area (Å²) in [6.07, 6.45) is 0.741. The van der Waals surface area contributed by atoms with E-state index in [1.54, 1.807) is 19.2 Å². The van der Waals surface area contributed by atoms with Gasteiger partial charge < -0.3 is 4.74 Å². The van der Waals surface area contributed by atoms with Gasteiger partial charge in [-0.1, -0.05) is 23.7 Å². The zero-order valence-corrected chi connectivity index (χ0v) is 15.5. The van der Waals surface area contributed by atoms with Gasteiger partial charge in [0.25, 0.3) is 0 Å². The molecule has 5 heteroatoms. The number of benzene rings is 3. The first-order chi connectivity index (χ1) is 13.1. The number of methoxy groups -OCH3 is 1. The third-order valence-corrected chi connectivity index (χ3v) is 4.93. The Balaban J connectivity index is 1.72. The fourth-order valence-corrected chi connectivity index (χ4v) is 3.37. The summed E-state index contributed by atoms with van der Waals surface area (Å²) in [5, 5.41) is 7.49. The van der Waals surface area contributed by atoms with Crippen LogP contribution in [0.1, 0.15) is 23.6 Å². The Morgan fingerprint density at radius 1 is 0.963 bits per heavy atom. The second kappa shape index (κ2) is 7.41. The predicted octanol–water partition coefficient (Wildman–Crippen LogP) is 5.84. The van der Waals surface area contributed by atoms with E-state index in [0.717, 1.165) is 34.7 Å². The second-order valence-corrected chi connectivity index (χ2v) is 6.80. The fraction of sp³-hybridized carbons (Fsp3) is 0.136. The van der Waals surface area contributed by atoms with E-state index in [4.69, 9.17) is 21.4 Å². The number of anilines is 1. The van der Waals surface area contributed by atoms with Crippen LogP contribution in [0.5, 0.6) is 5.75 Å². The Bertz CT molecular complexity index is 953. The minimum atomic E-state index is -0.264. The maximum Gasteiger partial charge on any atom is 0.123 e. The monoisotopic (exact) mass is 380 g/mol. The van der Waals surface area contributed by atoms with E-state index < -0.39 is 0 Å². The van der Waals surface area contributed by atoms with Gasteiger partial charge in [0, 0.05) is 11.4 Å². The lowest BCUT2D eigenvalue weighted by Crippen LogP contribution is -2.18. The van der Waals surface area contributed by atoms with E-state index in [2.05, 4.69) is 0 Å². The first-order valence-electron chi connectivity index (χ1n) is 8.66. The third-order valence-electron chi connectivity index (χ3n) is 4.68. The summed E-state index contributed by atoms with van der Waals surface area (Å²) in [5.41, 5.74) is 3.97. The van der Waals surface area contributed by atoms with Crippen molar-refractivity contribution in [3.8, 4) is 5.75 Å². The standard InChI is InChI=1S/C22H18ClFN2O/c1-27-20-12-4-15(5-13-20)21-14-22(16-2-6-17(23)7-3-16)26(25-21)19-10-8-18(24)9-11-19/h2-13,22H,14H2,1H3/t22-/m0/s1. The van der Waals surface area contributed by atoms with Gasteiger partial charge in [-0.2, -0.15) is 5.10 Å². The average molecular weight is 381 g/mol. The molecule has 1 heterocycles. The van der Waals surface area contributed by atoms with E-state index in [-0.39, 0.29) is 11.9 Å². The van der Waals surface area contributed by atoms with Crippen molar-refractivity contribution in [2.24, 2.45) is 5.10 Å². The first-order valence-corrected chi connectivity index (χ1v) is 9.04. The zero-order chi connectivity index (χ0) is 18.8. The van der Waals surface area contributed by atoms with E-state index in [0.29, 0.717) is 5.02 Å². The van der Waals surface area contributed by atoms with Crippen LogP contribution in [0.15, 0.2) is 77.9 Å². The molecule has 0 saturated heterocycles. The van der Waals surface area contributed by atoms with Gasteiger partial charge in [0.05, 0.1) is 24.6 Å². The predicted molar refractivity (Wildman–Crippen MR) is 107 cm³/mol. The van der Waals surface area contributed by atoms with Crippen molar-refractivity contribution in [3.63, 3.8) is 0 Å². The fourth-order valence-electron chi connectivity index (χ4n) is 3.24. The molecule has 1 aliphatic heterocycles. The molecular formula is C22H18ClFN2O. The van der Waals surface area contributed by atoms with Gasteiger partial charge in [-0.3, -0.25) is 5.01 Å². The van der Waals surface area contributed by atoms with Gasteiger partial charge in [0.2, 0.25) is 0 Å². The van der Waals surface area contributed by atoms with Gasteiger partial charge in [-0.05, 0) is 71.8 Å². The molecule has 0 saturated carbocycles. The normalized spacial score (nSPS) is 16.3. The van der Waals surface area contributed by atoms with E-state index in [1.807, 2.05) is 53.5 Å². The number of nitrogens with zero attached hydrogens (tertiary/aromatic N) is 2. The molecule has 0 fully saturated rings. The van der Waals surface area contributed by atoms with Crippen molar-refractivity contribution in [1.29, 1.82) is 0 Å². The summed E-state index contributed by atoms with van der Waals surface area (Å²) in [5.74, 6) is 0.544. The van der Waals surface area contributed by atoms with Crippen molar-refractivity contribution in [3.05, 3.63) is 94.8 Å². The molecule has 3 aromatic rings. The SMILES string of the molecule is COc1ccc(C2=NN(c3ccc(F)cc3)[C@H](c3ccc(Cl)cc3)C2)cc1. The van der Waals surface area contributed by atoms with Crippen LogP contribution < -0.4 is 9.75 Å². The molecule has 0 amide bonds. The van der Waals surface area contributed by atoms with Crippen molar-refractivity contribution in [2.75, 3.05) is 12.1 Å². The number of hydrogen-bond donors (Lipinski definition) is 0. The lowest BCUT2D eigenvalue weighted by atomic mass is 9.98. The van der Waals surface area contributed by atoms with E-state index in [9.17, 15) is 4.39 Å². The van der Waals surface area contributed by atoms with Crippen LogP contribution in [0.3, 0.4) is 0 Å². The summed E-state index contributed by atoms with van der Waals surface area (Å²) in [7, 11) is 1.65.